The van der Waals surface area contributed by atoms with E-state index in [2.05, 4.69) is 15.0 Å². The van der Waals surface area contributed by atoms with Crippen molar-refractivity contribution in [1.82, 2.24) is 0 Å². The fourth-order valence-electron chi connectivity index (χ4n) is 4.50. The highest BCUT2D eigenvalue weighted by Gasteiger charge is 2.48. The Labute approximate surface area is 136 Å². The van der Waals surface area contributed by atoms with Crippen LogP contribution in [0.15, 0.2) is 15.0 Å². The minimum absolute atomic E-state index is 0.229. The number of hydrogen-bond acceptors (Lipinski definition) is 6. The third-order valence-electron chi connectivity index (χ3n) is 5.39. The van der Waals surface area contributed by atoms with Gasteiger partial charge in [0.1, 0.15) is 0 Å². The summed E-state index contributed by atoms with van der Waals surface area (Å²) >= 11 is 0. The predicted molar refractivity (Wildman–Crippen MR) is 83.7 cm³/mol. The summed E-state index contributed by atoms with van der Waals surface area (Å²) in [6, 6.07) is 0. The smallest absolute Gasteiger partial charge is 0.211 e. The van der Waals surface area contributed by atoms with Crippen LogP contribution in [0.3, 0.4) is 0 Å². The van der Waals surface area contributed by atoms with Crippen LogP contribution in [0.1, 0.15) is 64.2 Å². The molecule has 23 heavy (non-hydrogen) atoms. The summed E-state index contributed by atoms with van der Waals surface area (Å²) in [5, 5.41) is 0. The molecule has 0 saturated heterocycles. The monoisotopic (exact) mass is 317 g/mol. The van der Waals surface area contributed by atoms with Gasteiger partial charge >= 0.3 is 0 Å². The molecule has 2 rings (SSSR count). The highest BCUT2D eigenvalue weighted by molar-refractivity contribution is 5.43. The molecule has 0 aromatic rings. The largest absolute Gasteiger partial charge is 0.280 e. The Morgan fingerprint density at radius 2 is 1.00 bits per heavy atom. The predicted octanol–water partition coefficient (Wildman–Crippen LogP) is 3.42. The van der Waals surface area contributed by atoms with Crippen LogP contribution in [-0.2, 0) is 14.4 Å². The second-order valence-corrected chi connectivity index (χ2v) is 6.62. The maximum absolute atomic E-state index is 11.0. The van der Waals surface area contributed by atoms with Crippen molar-refractivity contribution in [3.63, 3.8) is 0 Å². The Bertz CT molecular complexity index is 468. The number of rotatable bonds is 6. The first-order chi connectivity index (χ1) is 11.3. The standard InChI is InChI=1S/C17H23N3O3/c21-11-18-17(19-12-22,20-13-23)16(14-7-3-1-4-8-14)15-9-5-2-6-10-15/h14-16H,1-10H2. The zero-order valence-corrected chi connectivity index (χ0v) is 13.4. The van der Waals surface area contributed by atoms with Crippen LogP contribution < -0.4 is 0 Å². The molecule has 0 atom stereocenters. The van der Waals surface area contributed by atoms with Crippen LogP contribution in [0, 0.1) is 17.8 Å². The van der Waals surface area contributed by atoms with Gasteiger partial charge in [0, 0.05) is 5.92 Å². The Kier molecular flexibility index (Phi) is 6.61. The van der Waals surface area contributed by atoms with Gasteiger partial charge in [0.25, 0.3) is 5.79 Å². The van der Waals surface area contributed by atoms with Crippen LogP contribution in [0.25, 0.3) is 0 Å². The van der Waals surface area contributed by atoms with Crippen molar-refractivity contribution in [2.45, 2.75) is 70.0 Å². The van der Waals surface area contributed by atoms with Crippen molar-refractivity contribution < 1.29 is 14.4 Å². The van der Waals surface area contributed by atoms with Gasteiger partial charge in [-0.05, 0) is 37.5 Å². The van der Waals surface area contributed by atoms with E-state index in [1.54, 1.807) is 0 Å². The molecule has 6 heteroatoms. The van der Waals surface area contributed by atoms with Gasteiger partial charge in [-0.15, -0.1) is 15.0 Å². The summed E-state index contributed by atoms with van der Waals surface area (Å²) in [7, 11) is 0. The normalized spacial score (nSPS) is 22.3. The Morgan fingerprint density at radius 3 is 1.30 bits per heavy atom. The molecule has 0 N–H and O–H groups in total. The van der Waals surface area contributed by atoms with Gasteiger partial charge < -0.3 is 0 Å². The molecule has 0 heterocycles. The van der Waals surface area contributed by atoms with Gasteiger partial charge in [-0.1, -0.05) is 38.5 Å². The maximum atomic E-state index is 11.0. The van der Waals surface area contributed by atoms with E-state index in [4.69, 9.17) is 0 Å². The van der Waals surface area contributed by atoms with E-state index < -0.39 is 5.79 Å². The van der Waals surface area contributed by atoms with Crippen molar-refractivity contribution in [3.8, 4) is 0 Å². The molecule has 0 aromatic heterocycles. The Hall–Kier alpha value is -1.86. The summed E-state index contributed by atoms with van der Waals surface area (Å²) in [4.78, 5) is 44.1. The topological polar surface area (TPSA) is 88.3 Å². The van der Waals surface area contributed by atoms with Crippen molar-refractivity contribution in [1.29, 1.82) is 0 Å². The van der Waals surface area contributed by atoms with Crippen LogP contribution in [0.5, 0.6) is 0 Å². The SMILES string of the molecule is O=C=NC(N=C=O)(N=C=O)C(C1CCCCC1)C1CCCCC1. The highest BCUT2D eigenvalue weighted by Crippen LogP contribution is 2.47. The lowest BCUT2D eigenvalue weighted by atomic mass is 9.66. The molecule has 0 aliphatic heterocycles. The summed E-state index contributed by atoms with van der Waals surface area (Å²) < 4.78 is 0. The van der Waals surface area contributed by atoms with E-state index in [1.807, 2.05) is 0 Å². The molecule has 0 amide bonds. The van der Waals surface area contributed by atoms with Gasteiger partial charge in [-0.25, -0.2) is 14.4 Å². The number of isocyanates is 3. The lowest BCUT2D eigenvalue weighted by Crippen LogP contribution is -2.43. The zero-order valence-electron chi connectivity index (χ0n) is 13.4. The van der Waals surface area contributed by atoms with Crippen molar-refractivity contribution in [3.05, 3.63) is 0 Å². The van der Waals surface area contributed by atoms with Crippen molar-refractivity contribution >= 4 is 18.2 Å². The van der Waals surface area contributed by atoms with E-state index in [9.17, 15) is 14.4 Å². The lowest BCUT2D eigenvalue weighted by Gasteiger charge is -2.42. The highest BCUT2D eigenvalue weighted by atomic mass is 16.1. The Balaban J connectivity index is 2.47. The third kappa shape index (κ3) is 4.11. The van der Waals surface area contributed by atoms with Gasteiger partial charge in [-0.3, -0.25) is 0 Å². The van der Waals surface area contributed by atoms with Gasteiger partial charge in [0.05, 0.1) is 0 Å². The van der Waals surface area contributed by atoms with Crippen molar-refractivity contribution in [2.75, 3.05) is 0 Å². The molecule has 0 aromatic carbocycles. The maximum Gasteiger partial charge on any atom is 0.280 e. The second kappa shape index (κ2) is 8.69. The molecule has 6 nitrogen and oxygen atoms in total. The van der Waals surface area contributed by atoms with Gasteiger partial charge in [-0.2, -0.15) is 0 Å². The third-order valence-corrected chi connectivity index (χ3v) is 5.39. The van der Waals surface area contributed by atoms with E-state index in [-0.39, 0.29) is 17.8 Å². The van der Waals surface area contributed by atoms with Crippen LogP contribution in [-0.4, -0.2) is 24.0 Å². The quantitative estimate of drug-likeness (QED) is 0.555. The minimum atomic E-state index is -1.71. The molecule has 2 aliphatic carbocycles. The fraction of sp³-hybridized carbons (Fsp3) is 0.824. The van der Waals surface area contributed by atoms with Gasteiger partial charge in [0.2, 0.25) is 18.2 Å². The first kappa shape index (κ1) is 17.5. The summed E-state index contributed by atoms with van der Waals surface area (Å²) in [5.41, 5.74) is 0. The molecule has 2 saturated carbocycles. The average Bonchev–Trinajstić information content (AvgIpc) is 2.58. The van der Waals surface area contributed by atoms with E-state index in [1.165, 1.54) is 31.1 Å². The average molecular weight is 317 g/mol. The first-order valence-electron chi connectivity index (χ1n) is 8.54. The summed E-state index contributed by atoms with van der Waals surface area (Å²) in [6.45, 7) is 0. The number of hydrogen-bond donors (Lipinski definition) is 0. The molecule has 2 aliphatic rings. The molecule has 0 radical (unpaired) electrons. The summed E-state index contributed by atoms with van der Waals surface area (Å²) in [5.74, 6) is -1.45. The second-order valence-electron chi connectivity index (χ2n) is 6.62. The number of aliphatic imine (C=N–C) groups is 3. The van der Waals surface area contributed by atoms with Crippen molar-refractivity contribution in [2.24, 2.45) is 32.7 Å². The molecule has 0 bridgehead atoms. The minimum Gasteiger partial charge on any atom is -0.211 e. The zero-order chi connectivity index (χ0) is 16.5. The van der Waals surface area contributed by atoms with Crippen LogP contribution in [0.2, 0.25) is 0 Å². The summed E-state index contributed by atoms with van der Waals surface area (Å²) in [6.07, 6.45) is 15.1. The van der Waals surface area contributed by atoms with E-state index in [0.29, 0.717) is 0 Å². The fourth-order valence-corrected chi connectivity index (χ4v) is 4.50. The Morgan fingerprint density at radius 1 is 0.652 bits per heavy atom. The number of nitrogens with zero attached hydrogens (tertiary/aromatic N) is 3. The molecular formula is C17H23N3O3. The first-order valence-corrected chi connectivity index (χ1v) is 8.54. The molecular weight excluding hydrogens is 294 g/mol. The molecule has 124 valence electrons. The van der Waals surface area contributed by atoms with E-state index in [0.717, 1.165) is 51.4 Å². The number of carbonyl (C=O) groups excluding carboxylic acids is 3. The molecule has 0 spiro atoms. The molecule has 2 fully saturated rings. The molecule has 0 unspecified atom stereocenters. The van der Waals surface area contributed by atoms with Crippen LogP contribution >= 0.6 is 0 Å². The van der Waals surface area contributed by atoms with Crippen LogP contribution in [0.4, 0.5) is 0 Å². The van der Waals surface area contributed by atoms with Gasteiger partial charge in [0.15, 0.2) is 0 Å². The lowest BCUT2D eigenvalue weighted by molar-refractivity contribution is 0.0755. The van der Waals surface area contributed by atoms with E-state index >= 15 is 0 Å².